The third-order valence-corrected chi connectivity index (χ3v) is 6.43. The summed E-state index contributed by atoms with van der Waals surface area (Å²) < 4.78 is 6.53. The molecule has 1 fully saturated rings. The molecule has 1 saturated heterocycles. The van der Waals surface area contributed by atoms with Gasteiger partial charge in [0.1, 0.15) is 5.75 Å². The number of hydrogen-bond donors (Lipinski definition) is 1. The third kappa shape index (κ3) is 4.35. The molecule has 3 aromatic rings. The van der Waals surface area contributed by atoms with Crippen molar-refractivity contribution < 1.29 is 9.53 Å². The molecule has 1 aliphatic heterocycles. The zero-order valence-corrected chi connectivity index (χ0v) is 17.6. The van der Waals surface area contributed by atoms with Crippen molar-refractivity contribution in [1.82, 2.24) is 4.98 Å². The average molecular weight is 436 g/mol. The van der Waals surface area contributed by atoms with Crippen LogP contribution in [-0.2, 0) is 4.79 Å². The first kappa shape index (κ1) is 19.3. The van der Waals surface area contributed by atoms with Gasteiger partial charge in [0.05, 0.1) is 20.3 Å². The number of hydrogen-bond acceptors (Lipinski definition) is 5. The van der Waals surface area contributed by atoms with Crippen molar-refractivity contribution in [2.24, 2.45) is 5.92 Å². The lowest BCUT2D eigenvalue weighted by Crippen LogP contribution is -2.20. The summed E-state index contributed by atoms with van der Waals surface area (Å²) in [6.07, 6.45) is 1.20. The van der Waals surface area contributed by atoms with Crippen molar-refractivity contribution in [3.63, 3.8) is 0 Å². The Morgan fingerprint density at radius 3 is 2.89 bits per heavy atom. The van der Waals surface area contributed by atoms with E-state index < -0.39 is 0 Å². The highest BCUT2D eigenvalue weighted by Crippen LogP contribution is 2.33. The fraction of sp³-hybridized carbons (Fsp3) is 0.300. The molecule has 8 heteroatoms. The maximum Gasteiger partial charge on any atom is 0.262 e. The van der Waals surface area contributed by atoms with Gasteiger partial charge in [0.2, 0.25) is 0 Å². The van der Waals surface area contributed by atoms with E-state index >= 15 is 0 Å². The van der Waals surface area contributed by atoms with Gasteiger partial charge < -0.3 is 15.0 Å². The van der Waals surface area contributed by atoms with Gasteiger partial charge in [-0.25, -0.2) is 4.98 Å². The van der Waals surface area contributed by atoms with Gasteiger partial charge in [0, 0.05) is 24.8 Å². The molecule has 4 rings (SSSR count). The molecule has 0 radical (unpaired) electrons. The number of fused-ring (bicyclic) bond motifs is 1. The van der Waals surface area contributed by atoms with Crippen LogP contribution in [0, 0.1) is 5.92 Å². The minimum absolute atomic E-state index is 0.115. The lowest BCUT2D eigenvalue weighted by Gasteiger charge is -2.12. The van der Waals surface area contributed by atoms with Crippen LogP contribution in [0.2, 0.25) is 10.0 Å². The summed E-state index contributed by atoms with van der Waals surface area (Å²) in [5.74, 6) is 0.952. The van der Waals surface area contributed by atoms with Crippen molar-refractivity contribution in [3.8, 4) is 5.75 Å². The Bertz CT molecular complexity index is 1020. The van der Waals surface area contributed by atoms with E-state index in [9.17, 15) is 4.79 Å². The molecule has 1 N–H and O–H groups in total. The number of thiazole rings is 1. The molecular formula is C20H19Cl2N3O2S. The van der Waals surface area contributed by atoms with Crippen LogP contribution in [-0.4, -0.2) is 30.6 Å². The van der Waals surface area contributed by atoms with E-state index in [2.05, 4.69) is 17.1 Å². The van der Waals surface area contributed by atoms with E-state index in [0.29, 0.717) is 21.7 Å². The predicted octanol–water partition coefficient (Wildman–Crippen LogP) is 5.47. The fourth-order valence-electron chi connectivity index (χ4n) is 3.15. The second kappa shape index (κ2) is 8.15. The Balaban J connectivity index is 1.39. The van der Waals surface area contributed by atoms with E-state index in [-0.39, 0.29) is 12.5 Å². The maximum atomic E-state index is 12.2. The molecule has 146 valence electrons. The first-order chi connectivity index (χ1) is 13.5. The van der Waals surface area contributed by atoms with E-state index in [1.54, 1.807) is 29.5 Å². The van der Waals surface area contributed by atoms with Crippen molar-refractivity contribution >= 4 is 61.5 Å². The number of nitrogens with zero attached hydrogens (tertiary/aromatic N) is 2. The topological polar surface area (TPSA) is 54.5 Å². The van der Waals surface area contributed by atoms with E-state index in [1.807, 2.05) is 18.2 Å². The van der Waals surface area contributed by atoms with Crippen molar-refractivity contribution in [3.05, 3.63) is 46.4 Å². The zero-order chi connectivity index (χ0) is 19.7. The molecule has 0 bridgehead atoms. The van der Waals surface area contributed by atoms with Crippen LogP contribution in [0.15, 0.2) is 36.4 Å². The number of carbonyl (C=O) groups is 1. The smallest absolute Gasteiger partial charge is 0.262 e. The van der Waals surface area contributed by atoms with Crippen LogP contribution in [0.3, 0.4) is 0 Å². The second-order valence-corrected chi connectivity index (χ2v) is 8.76. The lowest BCUT2D eigenvalue weighted by molar-refractivity contribution is -0.118. The molecule has 28 heavy (non-hydrogen) atoms. The minimum Gasteiger partial charge on any atom is -0.484 e. The standard InChI is InChI=1S/C20H19Cl2N3O2S/c1-12-6-7-25(10-12)20-24-17-5-2-13(8-18(17)28-20)23-19(26)11-27-14-3-4-15(21)16(22)9-14/h2-5,8-9,12H,6-7,10-11H2,1H3,(H,23,26)/t12-/m1/s1. The highest BCUT2D eigenvalue weighted by Gasteiger charge is 2.21. The number of rotatable bonds is 5. The Labute approximate surface area is 177 Å². The van der Waals surface area contributed by atoms with Gasteiger partial charge in [0.25, 0.3) is 5.91 Å². The number of aromatic nitrogens is 1. The molecule has 0 spiro atoms. The Kier molecular flexibility index (Phi) is 5.62. The zero-order valence-electron chi connectivity index (χ0n) is 15.2. The predicted molar refractivity (Wildman–Crippen MR) is 116 cm³/mol. The normalized spacial score (nSPS) is 16.5. The molecule has 0 unspecified atom stereocenters. The minimum atomic E-state index is -0.247. The summed E-state index contributed by atoms with van der Waals surface area (Å²) in [7, 11) is 0. The number of carbonyl (C=O) groups excluding carboxylic acids is 1. The summed E-state index contributed by atoms with van der Waals surface area (Å²) in [5, 5.41) is 4.74. The lowest BCUT2D eigenvalue weighted by atomic mass is 10.2. The molecule has 1 aromatic heterocycles. The number of anilines is 2. The van der Waals surface area contributed by atoms with Gasteiger partial charge in [-0.05, 0) is 42.7 Å². The van der Waals surface area contributed by atoms with Gasteiger partial charge in [0.15, 0.2) is 11.7 Å². The van der Waals surface area contributed by atoms with Gasteiger partial charge in [-0.3, -0.25) is 4.79 Å². The first-order valence-electron chi connectivity index (χ1n) is 9.01. The van der Waals surface area contributed by atoms with E-state index in [4.69, 9.17) is 32.9 Å². The summed E-state index contributed by atoms with van der Waals surface area (Å²) in [5.41, 5.74) is 1.67. The van der Waals surface area contributed by atoms with Gasteiger partial charge in [-0.1, -0.05) is 41.5 Å². The second-order valence-electron chi connectivity index (χ2n) is 6.93. The van der Waals surface area contributed by atoms with E-state index in [0.717, 1.165) is 34.1 Å². The monoisotopic (exact) mass is 435 g/mol. The molecular weight excluding hydrogens is 417 g/mol. The Morgan fingerprint density at radius 2 is 2.14 bits per heavy atom. The summed E-state index contributed by atoms with van der Waals surface area (Å²) in [6.45, 7) is 4.25. The van der Waals surface area contributed by atoms with Crippen LogP contribution < -0.4 is 15.0 Å². The highest BCUT2D eigenvalue weighted by molar-refractivity contribution is 7.22. The molecule has 0 saturated carbocycles. The molecule has 0 aliphatic carbocycles. The van der Waals surface area contributed by atoms with Crippen molar-refractivity contribution in [2.75, 3.05) is 29.9 Å². The van der Waals surface area contributed by atoms with Crippen LogP contribution >= 0.6 is 34.5 Å². The molecule has 2 aromatic carbocycles. The number of nitrogens with one attached hydrogen (secondary N) is 1. The quantitative estimate of drug-likeness (QED) is 0.577. The molecule has 1 amide bonds. The van der Waals surface area contributed by atoms with Gasteiger partial charge in [-0.15, -0.1) is 0 Å². The van der Waals surface area contributed by atoms with Gasteiger partial charge in [-0.2, -0.15) is 0 Å². The summed E-state index contributed by atoms with van der Waals surface area (Å²) in [6, 6.07) is 10.6. The SMILES string of the molecule is C[C@@H]1CCN(c2nc3ccc(NC(=O)COc4ccc(Cl)c(Cl)c4)cc3s2)C1. The molecule has 5 nitrogen and oxygen atoms in total. The Hall–Kier alpha value is -2.02. The van der Waals surface area contributed by atoms with E-state index in [1.165, 1.54) is 6.42 Å². The average Bonchev–Trinajstić information content (AvgIpc) is 3.28. The van der Waals surface area contributed by atoms with Crippen LogP contribution in [0.4, 0.5) is 10.8 Å². The summed E-state index contributed by atoms with van der Waals surface area (Å²) >= 11 is 13.5. The van der Waals surface area contributed by atoms with Crippen molar-refractivity contribution in [1.29, 1.82) is 0 Å². The number of ether oxygens (including phenoxy) is 1. The van der Waals surface area contributed by atoms with Crippen LogP contribution in [0.5, 0.6) is 5.75 Å². The Morgan fingerprint density at radius 1 is 1.29 bits per heavy atom. The van der Waals surface area contributed by atoms with Crippen LogP contribution in [0.1, 0.15) is 13.3 Å². The highest BCUT2D eigenvalue weighted by atomic mass is 35.5. The third-order valence-electron chi connectivity index (χ3n) is 4.62. The number of benzene rings is 2. The molecule has 1 aliphatic rings. The summed E-state index contributed by atoms with van der Waals surface area (Å²) in [4.78, 5) is 19.3. The maximum absolute atomic E-state index is 12.2. The number of halogens is 2. The first-order valence-corrected chi connectivity index (χ1v) is 10.6. The molecule has 1 atom stereocenters. The molecule has 2 heterocycles. The van der Waals surface area contributed by atoms with Gasteiger partial charge >= 0.3 is 0 Å². The fourth-order valence-corrected chi connectivity index (χ4v) is 4.47. The van der Waals surface area contributed by atoms with Crippen LogP contribution in [0.25, 0.3) is 10.2 Å². The number of amides is 1. The largest absolute Gasteiger partial charge is 0.484 e. The van der Waals surface area contributed by atoms with Crippen molar-refractivity contribution in [2.45, 2.75) is 13.3 Å².